The summed E-state index contributed by atoms with van der Waals surface area (Å²) in [6.45, 7) is 5.74. The molecule has 2 atom stereocenters. The second-order valence-electron chi connectivity index (χ2n) is 5.44. The minimum Gasteiger partial charge on any atom is -0.392 e. The van der Waals surface area contributed by atoms with E-state index >= 15 is 0 Å². The Labute approximate surface area is 108 Å². The van der Waals surface area contributed by atoms with Gasteiger partial charge in [0.05, 0.1) is 6.61 Å². The van der Waals surface area contributed by atoms with E-state index in [0.717, 1.165) is 24.5 Å². The van der Waals surface area contributed by atoms with E-state index in [2.05, 4.69) is 21.7 Å². The molecule has 4 nitrogen and oxygen atoms in total. The van der Waals surface area contributed by atoms with Crippen molar-refractivity contribution in [3.05, 3.63) is 23.9 Å². The molecule has 0 spiro atoms. The summed E-state index contributed by atoms with van der Waals surface area (Å²) in [5.41, 5.74) is 0.941. The lowest BCUT2D eigenvalue weighted by Gasteiger charge is -2.43. The van der Waals surface area contributed by atoms with Crippen LogP contribution in [0.25, 0.3) is 0 Å². The maximum Gasteiger partial charge on any atom is 0.134 e. The highest BCUT2D eigenvalue weighted by atomic mass is 16.3. The molecule has 0 saturated carbocycles. The van der Waals surface area contributed by atoms with Crippen molar-refractivity contribution in [3.8, 4) is 0 Å². The molecule has 0 bridgehead atoms. The maximum atomic E-state index is 9.45. The SMILES string of the molecule is CC1CN2CCCC2CN1c1ncccc1CO. The summed E-state index contributed by atoms with van der Waals surface area (Å²) in [7, 11) is 0. The van der Waals surface area contributed by atoms with Gasteiger partial charge in [0.2, 0.25) is 0 Å². The number of nitrogens with zero attached hydrogens (tertiary/aromatic N) is 3. The lowest BCUT2D eigenvalue weighted by atomic mass is 10.1. The molecular formula is C14H21N3O. The average molecular weight is 247 g/mol. The van der Waals surface area contributed by atoms with Crippen molar-refractivity contribution in [2.75, 3.05) is 24.5 Å². The molecule has 2 aliphatic rings. The molecule has 3 rings (SSSR count). The van der Waals surface area contributed by atoms with Crippen molar-refractivity contribution >= 4 is 5.82 Å². The van der Waals surface area contributed by atoms with Gasteiger partial charge < -0.3 is 10.0 Å². The molecule has 0 aliphatic carbocycles. The van der Waals surface area contributed by atoms with Crippen molar-refractivity contribution in [3.63, 3.8) is 0 Å². The maximum absolute atomic E-state index is 9.45. The molecule has 1 aromatic rings. The first-order valence-electron chi connectivity index (χ1n) is 6.85. The first-order chi connectivity index (χ1) is 8.79. The number of piperazine rings is 1. The molecule has 0 amide bonds. The highest BCUT2D eigenvalue weighted by Crippen LogP contribution is 2.29. The molecule has 2 aliphatic heterocycles. The number of pyridine rings is 1. The van der Waals surface area contributed by atoms with Gasteiger partial charge >= 0.3 is 0 Å². The molecule has 4 heteroatoms. The fraction of sp³-hybridized carbons (Fsp3) is 0.643. The molecule has 2 unspecified atom stereocenters. The standard InChI is InChI=1S/C14H21N3O/c1-11-8-16-7-3-5-13(16)9-17(11)14-12(10-18)4-2-6-15-14/h2,4,6,11,13,18H,3,5,7-10H2,1H3. The van der Waals surface area contributed by atoms with Gasteiger partial charge in [-0.1, -0.05) is 6.07 Å². The van der Waals surface area contributed by atoms with E-state index < -0.39 is 0 Å². The van der Waals surface area contributed by atoms with Crippen LogP contribution in [0.2, 0.25) is 0 Å². The van der Waals surface area contributed by atoms with Crippen LogP contribution in [0.1, 0.15) is 25.3 Å². The van der Waals surface area contributed by atoms with Crippen LogP contribution in [-0.4, -0.2) is 46.7 Å². The number of aliphatic hydroxyl groups excluding tert-OH is 1. The second-order valence-corrected chi connectivity index (χ2v) is 5.44. The quantitative estimate of drug-likeness (QED) is 0.853. The zero-order valence-electron chi connectivity index (χ0n) is 10.9. The molecule has 2 fully saturated rings. The van der Waals surface area contributed by atoms with Gasteiger partial charge in [-0.05, 0) is 32.4 Å². The first-order valence-corrected chi connectivity index (χ1v) is 6.85. The monoisotopic (exact) mass is 247 g/mol. The number of fused-ring (bicyclic) bond motifs is 1. The Hall–Kier alpha value is -1.13. The first kappa shape index (κ1) is 11.9. The van der Waals surface area contributed by atoms with E-state index in [1.54, 1.807) is 0 Å². The van der Waals surface area contributed by atoms with Crippen molar-refractivity contribution in [1.29, 1.82) is 0 Å². The summed E-state index contributed by atoms with van der Waals surface area (Å²) in [6, 6.07) is 5.01. The van der Waals surface area contributed by atoms with Gasteiger partial charge in [-0.25, -0.2) is 4.98 Å². The molecular weight excluding hydrogens is 226 g/mol. The predicted octanol–water partition coefficient (Wildman–Crippen LogP) is 1.25. The summed E-state index contributed by atoms with van der Waals surface area (Å²) in [4.78, 5) is 9.46. The Morgan fingerprint density at radius 1 is 1.44 bits per heavy atom. The van der Waals surface area contributed by atoms with Gasteiger partial charge in [-0.15, -0.1) is 0 Å². The summed E-state index contributed by atoms with van der Waals surface area (Å²) < 4.78 is 0. The third-order valence-corrected chi connectivity index (χ3v) is 4.25. The van der Waals surface area contributed by atoms with E-state index in [4.69, 9.17) is 0 Å². The van der Waals surface area contributed by atoms with E-state index in [1.807, 2.05) is 18.3 Å². The molecule has 1 N–H and O–H groups in total. The van der Waals surface area contributed by atoms with Gasteiger partial charge in [-0.3, -0.25) is 4.90 Å². The van der Waals surface area contributed by atoms with Crippen LogP contribution in [0, 0.1) is 0 Å². The van der Waals surface area contributed by atoms with Crippen LogP contribution in [0.5, 0.6) is 0 Å². The van der Waals surface area contributed by atoms with Gasteiger partial charge in [0.25, 0.3) is 0 Å². The predicted molar refractivity (Wildman–Crippen MR) is 71.6 cm³/mol. The number of hydrogen-bond donors (Lipinski definition) is 1. The second kappa shape index (κ2) is 4.86. The van der Waals surface area contributed by atoms with Gasteiger partial charge in [0.15, 0.2) is 0 Å². The largest absolute Gasteiger partial charge is 0.392 e. The Morgan fingerprint density at radius 2 is 2.33 bits per heavy atom. The van der Waals surface area contributed by atoms with Crippen LogP contribution in [0.4, 0.5) is 5.82 Å². The molecule has 0 aromatic carbocycles. The third kappa shape index (κ3) is 1.99. The van der Waals surface area contributed by atoms with Crippen molar-refractivity contribution in [2.45, 2.75) is 38.5 Å². The Morgan fingerprint density at radius 3 is 3.17 bits per heavy atom. The normalized spacial score (nSPS) is 28.4. The fourth-order valence-electron chi connectivity index (χ4n) is 3.29. The lowest BCUT2D eigenvalue weighted by molar-refractivity contribution is 0.201. The molecule has 0 radical (unpaired) electrons. The lowest BCUT2D eigenvalue weighted by Crippen LogP contribution is -2.55. The summed E-state index contributed by atoms with van der Waals surface area (Å²) in [5, 5.41) is 9.45. The average Bonchev–Trinajstić information content (AvgIpc) is 2.84. The summed E-state index contributed by atoms with van der Waals surface area (Å²) in [6.07, 6.45) is 4.44. The Balaban J connectivity index is 1.86. The molecule has 98 valence electrons. The van der Waals surface area contributed by atoms with Crippen molar-refractivity contribution in [2.24, 2.45) is 0 Å². The summed E-state index contributed by atoms with van der Waals surface area (Å²) >= 11 is 0. The number of rotatable bonds is 2. The molecule has 3 heterocycles. The summed E-state index contributed by atoms with van der Waals surface area (Å²) in [5.74, 6) is 0.971. The van der Waals surface area contributed by atoms with Gasteiger partial charge in [0.1, 0.15) is 5.82 Å². The van der Waals surface area contributed by atoms with Crippen LogP contribution in [0.3, 0.4) is 0 Å². The van der Waals surface area contributed by atoms with Crippen LogP contribution in [-0.2, 0) is 6.61 Å². The van der Waals surface area contributed by atoms with Crippen molar-refractivity contribution < 1.29 is 5.11 Å². The van der Waals surface area contributed by atoms with Gasteiger partial charge in [0, 0.05) is 36.9 Å². The van der Waals surface area contributed by atoms with Crippen molar-refractivity contribution in [1.82, 2.24) is 9.88 Å². The van der Waals surface area contributed by atoms with E-state index in [-0.39, 0.29) is 6.61 Å². The Kier molecular flexibility index (Phi) is 3.22. The number of anilines is 1. The highest BCUT2D eigenvalue weighted by molar-refractivity contribution is 5.48. The fourth-order valence-corrected chi connectivity index (χ4v) is 3.29. The van der Waals surface area contributed by atoms with Crippen LogP contribution >= 0.6 is 0 Å². The highest BCUT2D eigenvalue weighted by Gasteiger charge is 2.35. The molecule has 1 aromatic heterocycles. The number of aromatic nitrogens is 1. The Bertz CT molecular complexity index is 423. The number of hydrogen-bond acceptors (Lipinski definition) is 4. The van der Waals surface area contributed by atoms with Crippen LogP contribution in [0.15, 0.2) is 18.3 Å². The van der Waals surface area contributed by atoms with Crippen LogP contribution < -0.4 is 4.90 Å². The molecule has 18 heavy (non-hydrogen) atoms. The van der Waals surface area contributed by atoms with E-state index in [1.165, 1.54) is 19.4 Å². The topological polar surface area (TPSA) is 39.6 Å². The third-order valence-electron chi connectivity index (χ3n) is 4.25. The van der Waals surface area contributed by atoms with Gasteiger partial charge in [-0.2, -0.15) is 0 Å². The minimum absolute atomic E-state index is 0.0702. The smallest absolute Gasteiger partial charge is 0.134 e. The molecule has 2 saturated heterocycles. The number of aliphatic hydroxyl groups is 1. The zero-order chi connectivity index (χ0) is 12.5. The van der Waals surface area contributed by atoms with E-state index in [9.17, 15) is 5.11 Å². The van der Waals surface area contributed by atoms with E-state index in [0.29, 0.717) is 12.1 Å². The zero-order valence-corrected chi connectivity index (χ0v) is 10.9. The minimum atomic E-state index is 0.0702.